The van der Waals surface area contributed by atoms with E-state index in [1.807, 2.05) is 49.4 Å². The average Bonchev–Trinajstić information content (AvgIpc) is 3.14. The maximum Gasteiger partial charge on any atom is 0.280 e. The van der Waals surface area contributed by atoms with Crippen molar-refractivity contribution >= 4 is 27.3 Å². The van der Waals surface area contributed by atoms with Crippen LogP contribution in [-0.2, 0) is 15.4 Å². The molecule has 30 heavy (non-hydrogen) atoms. The number of halogens is 1. The molecule has 3 aromatic rings. The number of hydrogen-bond donors (Lipinski definition) is 0. The van der Waals surface area contributed by atoms with Gasteiger partial charge in [-0.2, -0.15) is 17.9 Å². The van der Waals surface area contributed by atoms with Crippen LogP contribution in [-0.4, -0.2) is 25.1 Å². The Kier molecular flexibility index (Phi) is 5.15. The molecule has 4 rings (SSSR count). The zero-order valence-electron chi connectivity index (χ0n) is 16.3. The lowest BCUT2D eigenvalue weighted by Crippen LogP contribution is -2.37. The molecule has 1 unspecified atom stereocenters. The fourth-order valence-electron chi connectivity index (χ4n) is 3.68. The minimum atomic E-state index is -3.93. The first-order valence-electron chi connectivity index (χ1n) is 9.35. The Balaban J connectivity index is 1.87. The minimum absolute atomic E-state index is 0.0732. The number of benzene rings is 3. The molecule has 0 bridgehead atoms. The topological polar surface area (TPSA) is 49.7 Å². The number of terminal acetylenes is 1. The van der Waals surface area contributed by atoms with Gasteiger partial charge in [0.05, 0.1) is 17.7 Å². The van der Waals surface area contributed by atoms with Crippen LogP contribution in [0.3, 0.4) is 0 Å². The minimum Gasteiger partial charge on any atom is -0.200 e. The van der Waals surface area contributed by atoms with Crippen molar-refractivity contribution in [1.29, 1.82) is 0 Å². The molecule has 1 aliphatic rings. The highest BCUT2D eigenvalue weighted by atomic mass is 35.5. The molecule has 3 aromatic carbocycles. The lowest BCUT2D eigenvalue weighted by molar-refractivity contribution is 0.418. The third-order valence-electron chi connectivity index (χ3n) is 5.31. The highest BCUT2D eigenvalue weighted by molar-refractivity contribution is 7.89. The van der Waals surface area contributed by atoms with E-state index in [4.69, 9.17) is 18.0 Å². The summed E-state index contributed by atoms with van der Waals surface area (Å²) in [5, 5.41) is 5.19. The van der Waals surface area contributed by atoms with E-state index in [1.165, 1.54) is 6.07 Å². The first kappa shape index (κ1) is 20.2. The SMILES string of the molecule is C#Cc1ccccc1S(=O)(=O)N1CC(C)(c2ccccc2)C(c2ccc(Cl)cc2)=N1. The largest absolute Gasteiger partial charge is 0.280 e. The van der Waals surface area contributed by atoms with Crippen LogP contribution in [0.5, 0.6) is 0 Å². The van der Waals surface area contributed by atoms with Gasteiger partial charge in [-0.25, -0.2) is 0 Å². The van der Waals surface area contributed by atoms with Gasteiger partial charge in [0.15, 0.2) is 0 Å². The number of hydrazone groups is 1. The van der Waals surface area contributed by atoms with Gasteiger partial charge in [-0.1, -0.05) is 72.1 Å². The predicted octanol–water partition coefficient (Wildman–Crippen LogP) is 4.69. The molecule has 0 aliphatic carbocycles. The molecular formula is C24H19ClN2O2S. The quantitative estimate of drug-likeness (QED) is 0.559. The molecule has 0 N–H and O–H groups in total. The van der Waals surface area contributed by atoms with Crippen LogP contribution in [0.15, 0.2) is 88.9 Å². The lowest BCUT2D eigenvalue weighted by Gasteiger charge is -2.27. The Morgan fingerprint density at radius 3 is 2.30 bits per heavy atom. The van der Waals surface area contributed by atoms with Gasteiger partial charge >= 0.3 is 0 Å². The highest BCUT2D eigenvalue weighted by Crippen LogP contribution is 2.38. The van der Waals surface area contributed by atoms with Crippen molar-refractivity contribution < 1.29 is 8.42 Å². The molecule has 1 heterocycles. The molecule has 0 amide bonds. The first-order valence-corrected chi connectivity index (χ1v) is 11.2. The van der Waals surface area contributed by atoms with E-state index in [0.29, 0.717) is 16.3 Å². The maximum absolute atomic E-state index is 13.5. The first-order chi connectivity index (χ1) is 14.4. The highest BCUT2D eigenvalue weighted by Gasteiger charge is 2.45. The molecule has 4 nitrogen and oxygen atoms in total. The molecular weight excluding hydrogens is 416 g/mol. The van der Waals surface area contributed by atoms with Gasteiger partial charge < -0.3 is 0 Å². The van der Waals surface area contributed by atoms with Gasteiger partial charge in [0.1, 0.15) is 4.90 Å². The van der Waals surface area contributed by atoms with E-state index in [0.717, 1.165) is 15.5 Å². The van der Waals surface area contributed by atoms with E-state index in [-0.39, 0.29) is 11.4 Å². The van der Waals surface area contributed by atoms with Crippen LogP contribution in [0.25, 0.3) is 0 Å². The molecule has 0 fully saturated rings. The van der Waals surface area contributed by atoms with Crippen molar-refractivity contribution in [2.75, 3.05) is 6.54 Å². The standard InChI is InChI=1S/C24H19ClN2O2S/c1-3-18-9-7-8-12-22(18)30(28,29)27-17-24(2,20-10-5-4-6-11-20)23(26-27)19-13-15-21(25)16-14-19/h1,4-16H,17H2,2H3. The number of hydrogen-bond acceptors (Lipinski definition) is 3. The summed E-state index contributed by atoms with van der Waals surface area (Å²) in [6, 6.07) is 23.5. The second-order valence-electron chi connectivity index (χ2n) is 7.28. The zero-order chi connectivity index (χ0) is 21.4. The smallest absolute Gasteiger partial charge is 0.200 e. The van der Waals surface area contributed by atoms with Crippen LogP contribution in [0, 0.1) is 12.3 Å². The van der Waals surface area contributed by atoms with E-state index in [1.54, 1.807) is 30.3 Å². The van der Waals surface area contributed by atoms with Gasteiger partial charge in [-0.15, -0.1) is 6.42 Å². The molecule has 6 heteroatoms. The monoisotopic (exact) mass is 434 g/mol. The molecule has 0 saturated heterocycles. The summed E-state index contributed by atoms with van der Waals surface area (Å²) < 4.78 is 28.1. The van der Waals surface area contributed by atoms with E-state index < -0.39 is 15.4 Å². The van der Waals surface area contributed by atoms with Crippen molar-refractivity contribution in [3.8, 4) is 12.3 Å². The van der Waals surface area contributed by atoms with Crippen molar-refractivity contribution in [2.24, 2.45) is 5.10 Å². The summed E-state index contributed by atoms with van der Waals surface area (Å²) in [7, 11) is -3.93. The Morgan fingerprint density at radius 1 is 1.00 bits per heavy atom. The van der Waals surface area contributed by atoms with Gasteiger partial charge in [0.25, 0.3) is 10.0 Å². The van der Waals surface area contributed by atoms with Gasteiger partial charge in [0.2, 0.25) is 0 Å². The van der Waals surface area contributed by atoms with E-state index >= 15 is 0 Å². The van der Waals surface area contributed by atoms with Crippen molar-refractivity contribution in [1.82, 2.24) is 4.41 Å². The second kappa shape index (κ2) is 7.64. The lowest BCUT2D eigenvalue weighted by atomic mass is 9.76. The van der Waals surface area contributed by atoms with Crippen molar-refractivity contribution in [3.63, 3.8) is 0 Å². The Hall–Kier alpha value is -3.07. The third kappa shape index (κ3) is 3.39. The Morgan fingerprint density at radius 2 is 1.63 bits per heavy atom. The summed E-state index contributed by atoms with van der Waals surface area (Å²) >= 11 is 6.06. The molecule has 150 valence electrons. The zero-order valence-corrected chi connectivity index (χ0v) is 17.9. The van der Waals surface area contributed by atoms with Crippen LogP contribution < -0.4 is 0 Å². The van der Waals surface area contributed by atoms with Gasteiger partial charge in [0, 0.05) is 10.6 Å². The van der Waals surface area contributed by atoms with E-state index in [2.05, 4.69) is 11.0 Å². The maximum atomic E-state index is 13.5. The predicted molar refractivity (Wildman–Crippen MR) is 120 cm³/mol. The molecule has 1 aliphatic heterocycles. The Labute approximate surface area is 181 Å². The average molecular weight is 435 g/mol. The number of rotatable bonds is 4. The summed E-state index contributed by atoms with van der Waals surface area (Å²) in [6.45, 7) is 2.16. The summed E-state index contributed by atoms with van der Waals surface area (Å²) in [5.74, 6) is 2.46. The van der Waals surface area contributed by atoms with Crippen molar-refractivity contribution in [2.45, 2.75) is 17.2 Å². The Bertz CT molecular complexity index is 1260. The third-order valence-corrected chi connectivity index (χ3v) is 7.24. The van der Waals surface area contributed by atoms with Crippen LogP contribution >= 0.6 is 11.6 Å². The number of nitrogens with zero attached hydrogens (tertiary/aromatic N) is 2. The normalized spacial score (nSPS) is 18.7. The summed E-state index contributed by atoms with van der Waals surface area (Å²) in [4.78, 5) is 0.0732. The summed E-state index contributed by atoms with van der Waals surface area (Å²) in [5.41, 5.74) is 2.12. The van der Waals surface area contributed by atoms with E-state index in [9.17, 15) is 8.42 Å². The molecule has 0 aromatic heterocycles. The summed E-state index contributed by atoms with van der Waals surface area (Å²) in [6.07, 6.45) is 5.54. The fourth-order valence-corrected chi connectivity index (χ4v) is 5.31. The van der Waals surface area contributed by atoms with Gasteiger partial charge in [-0.05, 0) is 42.3 Å². The molecule has 1 atom stereocenters. The fraction of sp³-hybridized carbons (Fsp3) is 0.125. The van der Waals surface area contributed by atoms with Crippen LogP contribution in [0.2, 0.25) is 5.02 Å². The van der Waals surface area contributed by atoms with Crippen LogP contribution in [0.1, 0.15) is 23.6 Å². The van der Waals surface area contributed by atoms with Gasteiger partial charge in [-0.3, -0.25) is 0 Å². The number of sulfonamides is 1. The molecule has 0 radical (unpaired) electrons. The van der Waals surface area contributed by atoms with Crippen molar-refractivity contribution in [3.05, 3.63) is 101 Å². The molecule has 0 spiro atoms. The second-order valence-corrected chi connectivity index (χ2v) is 9.53. The van der Waals surface area contributed by atoms with Crippen LogP contribution in [0.4, 0.5) is 0 Å². The molecule has 0 saturated carbocycles.